The monoisotopic (exact) mass is 225 g/mol. The summed E-state index contributed by atoms with van der Waals surface area (Å²) in [5, 5.41) is 3.44. The van der Waals surface area contributed by atoms with Crippen LogP contribution in [0.25, 0.3) is 0 Å². The van der Waals surface area contributed by atoms with E-state index in [-0.39, 0.29) is 0 Å². The molecule has 0 radical (unpaired) electrons. The summed E-state index contributed by atoms with van der Waals surface area (Å²) in [6.07, 6.45) is 3.68. The maximum atomic E-state index is 5.42. The SMILES string of the molecule is C=CCSCCNC(C)c1occc1C. The Balaban J connectivity index is 2.22. The molecule has 0 saturated heterocycles. The molecule has 0 fully saturated rings. The van der Waals surface area contributed by atoms with Gasteiger partial charge in [0.1, 0.15) is 5.76 Å². The van der Waals surface area contributed by atoms with Crippen molar-refractivity contribution < 1.29 is 4.42 Å². The Bertz CT molecular complexity index is 296. The van der Waals surface area contributed by atoms with Gasteiger partial charge in [0.05, 0.1) is 12.3 Å². The van der Waals surface area contributed by atoms with Gasteiger partial charge in [-0.25, -0.2) is 0 Å². The van der Waals surface area contributed by atoms with Crippen molar-refractivity contribution in [2.75, 3.05) is 18.1 Å². The standard InChI is InChI=1S/C12H19NOS/c1-4-8-15-9-6-13-11(3)12-10(2)5-7-14-12/h4-5,7,11,13H,1,6,8-9H2,2-3H3. The molecule has 0 saturated carbocycles. The number of thioether (sulfide) groups is 1. The Hall–Kier alpha value is -0.670. The summed E-state index contributed by atoms with van der Waals surface area (Å²) < 4.78 is 5.42. The number of rotatable bonds is 7. The van der Waals surface area contributed by atoms with Gasteiger partial charge in [0, 0.05) is 18.1 Å². The third-order valence-electron chi connectivity index (χ3n) is 2.23. The smallest absolute Gasteiger partial charge is 0.123 e. The van der Waals surface area contributed by atoms with Gasteiger partial charge in [-0.1, -0.05) is 6.08 Å². The Morgan fingerprint density at radius 1 is 1.67 bits per heavy atom. The molecule has 0 bridgehead atoms. The lowest BCUT2D eigenvalue weighted by atomic mass is 10.2. The molecule has 1 N–H and O–H groups in total. The van der Waals surface area contributed by atoms with Crippen molar-refractivity contribution in [3.8, 4) is 0 Å². The minimum Gasteiger partial charge on any atom is -0.467 e. The van der Waals surface area contributed by atoms with Gasteiger partial charge in [0.25, 0.3) is 0 Å². The quantitative estimate of drug-likeness (QED) is 0.570. The molecule has 0 spiro atoms. The molecule has 1 aromatic rings. The molecule has 1 aromatic heterocycles. The van der Waals surface area contributed by atoms with E-state index in [0.717, 1.165) is 23.8 Å². The van der Waals surface area contributed by atoms with Crippen LogP contribution >= 0.6 is 11.8 Å². The fourth-order valence-electron chi connectivity index (χ4n) is 1.44. The Morgan fingerprint density at radius 2 is 2.47 bits per heavy atom. The summed E-state index contributed by atoms with van der Waals surface area (Å²) >= 11 is 1.89. The third-order valence-corrected chi connectivity index (χ3v) is 3.19. The molecular formula is C12H19NOS. The molecule has 0 amide bonds. The van der Waals surface area contributed by atoms with E-state index in [2.05, 4.69) is 25.7 Å². The van der Waals surface area contributed by atoms with E-state index < -0.39 is 0 Å². The second-order valence-electron chi connectivity index (χ2n) is 3.51. The highest BCUT2D eigenvalue weighted by Gasteiger charge is 2.10. The maximum Gasteiger partial charge on any atom is 0.123 e. The first kappa shape index (κ1) is 12.4. The van der Waals surface area contributed by atoms with E-state index in [1.54, 1.807) is 6.26 Å². The molecule has 3 heteroatoms. The second-order valence-corrected chi connectivity index (χ2v) is 4.66. The molecule has 1 heterocycles. The van der Waals surface area contributed by atoms with Gasteiger partial charge in [-0.2, -0.15) is 11.8 Å². The van der Waals surface area contributed by atoms with E-state index in [9.17, 15) is 0 Å². The molecule has 0 aliphatic carbocycles. The average molecular weight is 225 g/mol. The second kappa shape index (κ2) is 6.75. The molecule has 1 unspecified atom stereocenters. The van der Waals surface area contributed by atoms with Gasteiger partial charge < -0.3 is 9.73 Å². The Morgan fingerprint density at radius 3 is 3.07 bits per heavy atom. The van der Waals surface area contributed by atoms with Crippen molar-refractivity contribution in [1.29, 1.82) is 0 Å². The topological polar surface area (TPSA) is 25.2 Å². The minimum absolute atomic E-state index is 0.296. The molecule has 0 aliphatic heterocycles. The van der Waals surface area contributed by atoms with Crippen LogP contribution in [0.5, 0.6) is 0 Å². The highest BCUT2D eigenvalue weighted by molar-refractivity contribution is 7.99. The number of hydrogen-bond donors (Lipinski definition) is 1. The summed E-state index contributed by atoms with van der Waals surface area (Å²) in [6, 6.07) is 2.30. The zero-order valence-corrected chi connectivity index (χ0v) is 10.3. The van der Waals surface area contributed by atoms with Crippen LogP contribution < -0.4 is 5.32 Å². The molecule has 2 nitrogen and oxygen atoms in total. The van der Waals surface area contributed by atoms with E-state index >= 15 is 0 Å². The van der Waals surface area contributed by atoms with Crippen LogP contribution in [0.1, 0.15) is 24.3 Å². The first-order valence-corrected chi connectivity index (χ1v) is 6.37. The van der Waals surface area contributed by atoms with Crippen molar-refractivity contribution in [3.05, 3.63) is 36.3 Å². The van der Waals surface area contributed by atoms with Crippen LogP contribution in [0.3, 0.4) is 0 Å². The summed E-state index contributed by atoms with van der Waals surface area (Å²) in [5.74, 6) is 3.18. The van der Waals surface area contributed by atoms with Crippen LogP contribution in [-0.4, -0.2) is 18.1 Å². The van der Waals surface area contributed by atoms with Gasteiger partial charge >= 0.3 is 0 Å². The zero-order chi connectivity index (χ0) is 11.1. The fraction of sp³-hybridized carbons (Fsp3) is 0.500. The van der Waals surface area contributed by atoms with Crippen molar-refractivity contribution >= 4 is 11.8 Å². The van der Waals surface area contributed by atoms with Crippen molar-refractivity contribution in [3.63, 3.8) is 0 Å². The maximum absolute atomic E-state index is 5.42. The van der Waals surface area contributed by atoms with Crippen LogP contribution in [0.4, 0.5) is 0 Å². The first-order valence-electron chi connectivity index (χ1n) is 5.21. The molecule has 15 heavy (non-hydrogen) atoms. The predicted molar refractivity (Wildman–Crippen MR) is 67.4 cm³/mol. The Kier molecular flexibility index (Phi) is 5.58. The van der Waals surface area contributed by atoms with Crippen LogP contribution in [0, 0.1) is 6.92 Å². The molecule has 0 aromatic carbocycles. The molecule has 1 atom stereocenters. The summed E-state index contributed by atoms with van der Waals surface area (Å²) in [7, 11) is 0. The molecule has 84 valence electrons. The van der Waals surface area contributed by atoms with Crippen molar-refractivity contribution in [1.82, 2.24) is 5.32 Å². The molecule has 1 rings (SSSR count). The van der Waals surface area contributed by atoms with Gasteiger partial charge in [0.15, 0.2) is 0 Å². The average Bonchev–Trinajstić information content (AvgIpc) is 2.64. The van der Waals surface area contributed by atoms with Gasteiger partial charge in [0.2, 0.25) is 0 Å². The van der Waals surface area contributed by atoms with Crippen molar-refractivity contribution in [2.24, 2.45) is 0 Å². The summed E-state index contributed by atoms with van der Waals surface area (Å²) in [6.45, 7) is 8.89. The van der Waals surface area contributed by atoms with Crippen LogP contribution in [0.2, 0.25) is 0 Å². The van der Waals surface area contributed by atoms with E-state index in [1.807, 2.05) is 23.9 Å². The third kappa shape index (κ3) is 4.14. The zero-order valence-electron chi connectivity index (χ0n) is 9.45. The van der Waals surface area contributed by atoms with E-state index in [0.29, 0.717) is 6.04 Å². The van der Waals surface area contributed by atoms with E-state index in [1.165, 1.54) is 5.56 Å². The first-order chi connectivity index (χ1) is 7.25. The number of aryl methyl sites for hydroxylation is 1. The van der Waals surface area contributed by atoms with E-state index in [4.69, 9.17) is 4.42 Å². The van der Waals surface area contributed by atoms with Gasteiger partial charge in [-0.3, -0.25) is 0 Å². The number of nitrogens with one attached hydrogen (secondary N) is 1. The lowest BCUT2D eigenvalue weighted by Gasteiger charge is -2.11. The van der Waals surface area contributed by atoms with Crippen LogP contribution in [-0.2, 0) is 0 Å². The minimum atomic E-state index is 0.296. The normalized spacial score (nSPS) is 12.7. The number of hydrogen-bond acceptors (Lipinski definition) is 3. The lowest BCUT2D eigenvalue weighted by Crippen LogP contribution is -2.21. The summed E-state index contributed by atoms with van der Waals surface area (Å²) in [5.41, 5.74) is 1.22. The summed E-state index contributed by atoms with van der Waals surface area (Å²) in [4.78, 5) is 0. The van der Waals surface area contributed by atoms with Gasteiger partial charge in [-0.05, 0) is 25.5 Å². The molecule has 0 aliphatic rings. The fourth-order valence-corrected chi connectivity index (χ4v) is 2.03. The van der Waals surface area contributed by atoms with Crippen LogP contribution in [0.15, 0.2) is 29.4 Å². The van der Waals surface area contributed by atoms with Crippen molar-refractivity contribution in [2.45, 2.75) is 19.9 Å². The Labute approximate surface area is 96.1 Å². The highest BCUT2D eigenvalue weighted by Crippen LogP contribution is 2.17. The highest BCUT2D eigenvalue weighted by atomic mass is 32.2. The molecular weight excluding hydrogens is 206 g/mol. The number of furan rings is 1. The lowest BCUT2D eigenvalue weighted by molar-refractivity contribution is 0.435. The predicted octanol–water partition coefficient (Wildman–Crippen LogP) is 3.16. The van der Waals surface area contributed by atoms with Gasteiger partial charge in [-0.15, -0.1) is 6.58 Å². The largest absolute Gasteiger partial charge is 0.467 e.